The topological polar surface area (TPSA) is 130 Å². The van der Waals surface area contributed by atoms with E-state index in [-0.39, 0.29) is 11.3 Å². The van der Waals surface area contributed by atoms with Gasteiger partial charge in [0.15, 0.2) is 6.10 Å². The Kier molecular flexibility index (Phi) is 5.47. The molecule has 0 aliphatic carbocycles. The molecule has 1 aromatic carbocycles. The monoisotopic (exact) mass is 300 g/mol. The quantitative estimate of drug-likeness (QED) is 0.396. The molecule has 0 saturated carbocycles. The van der Waals surface area contributed by atoms with Crippen LogP contribution >= 0.6 is 11.8 Å². The minimum atomic E-state index is -1.76. The second-order valence-electron chi connectivity index (χ2n) is 3.70. The number of nitrogens with zero attached hydrogens (tertiary/aromatic N) is 1. The lowest BCUT2D eigenvalue weighted by Crippen LogP contribution is -2.36. The number of aliphatic hydroxyl groups is 1. The van der Waals surface area contributed by atoms with Crippen molar-refractivity contribution in [3.8, 4) is 0 Å². The number of carbonyl (C=O) groups excluding carboxylic acids is 1. The number of benzene rings is 1. The van der Waals surface area contributed by atoms with Gasteiger partial charge >= 0.3 is 5.97 Å². The van der Waals surface area contributed by atoms with E-state index in [1.165, 1.54) is 30.0 Å². The molecular weight excluding hydrogens is 288 g/mol. The predicted molar refractivity (Wildman–Crippen MR) is 70.9 cm³/mol. The van der Waals surface area contributed by atoms with E-state index in [0.29, 0.717) is 4.90 Å². The van der Waals surface area contributed by atoms with E-state index in [0.717, 1.165) is 0 Å². The maximum Gasteiger partial charge on any atom is 0.334 e. The first-order chi connectivity index (χ1) is 9.36. The summed E-state index contributed by atoms with van der Waals surface area (Å²) in [6, 6.07) is 4.05. The molecule has 0 saturated heterocycles. The average Bonchev–Trinajstić information content (AvgIpc) is 2.43. The Morgan fingerprint density at radius 2 is 2.15 bits per heavy atom. The molecular formula is C11H12N2O6S. The third-order valence-corrected chi connectivity index (χ3v) is 3.11. The van der Waals surface area contributed by atoms with E-state index in [2.05, 4.69) is 5.32 Å². The first-order valence-electron chi connectivity index (χ1n) is 5.38. The van der Waals surface area contributed by atoms with Gasteiger partial charge in [0.1, 0.15) is 5.56 Å². The molecule has 0 aliphatic heterocycles. The van der Waals surface area contributed by atoms with E-state index in [9.17, 15) is 19.7 Å². The molecule has 1 unspecified atom stereocenters. The number of carboxylic acids is 1. The van der Waals surface area contributed by atoms with Gasteiger partial charge in [-0.15, -0.1) is 11.8 Å². The fourth-order valence-electron chi connectivity index (χ4n) is 1.36. The van der Waals surface area contributed by atoms with Crippen LogP contribution in [0.3, 0.4) is 0 Å². The van der Waals surface area contributed by atoms with Crippen LogP contribution in [-0.2, 0) is 4.79 Å². The van der Waals surface area contributed by atoms with Gasteiger partial charge < -0.3 is 15.5 Å². The van der Waals surface area contributed by atoms with Crippen LogP contribution in [-0.4, -0.2) is 45.9 Å². The van der Waals surface area contributed by atoms with Crippen molar-refractivity contribution >= 4 is 29.3 Å². The second kappa shape index (κ2) is 6.87. The van der Waals surface area contributed by atoms with Crippen LogP contribution in [0.15, 0.2) is 23.1 Å². The summed E-state index contributed by atoms with van der Waals surface area (Å²) in [7, 11) is 0. The van der Waals surface area contributed by atoms with Gasteiger partial charge in [-0.25, -0.2) is 4.79 Å². The summed E-state index contributed by atoms with van der Waals surface area (Å²) in [5.41, 5.74) is -0.565. The highest BCUT2D eigenvalue weighted by molar-refractivity contribution is 7.98. The molecule has 0 aromatic heterocycles. The second-order valence-corrected chi connectivity index (χ2v) is 4.58. The van der Waals surface area contributed by atoms with Gasteiger partial charge in [-0.2, -0.15) is 0 Å². The molecule has 9 heteroatoms. The smallest absolute Gasteiger partial charge is 0.334 e. The molecule has 1 atom stereocenters. The van der Waals surface area contributed by atoms with E-state index in [1.54, 1.807) is 6.26 Å². The fraction of sp³-hybridized carbons (Fsp3) is 0.273. The molecule has 0 bridgehead atoms. The Labute approximate surface area is 117 Å². The fourth-order valence-corrected chi connectivity index (χ4v) is 1.79. The van der Waals surface area contributed by atoms with Crippen LogP contribution in [0.2, 0.25) is 0 Å². The molecule has 1 amide bonds. The lowest BCUT2D eigenvalue weighted by atomic mass is 10.1. The average molecular weight is 300 g/mol. The molecule has 1 aromatic rings. The number of carbonyl (C=O) groups is 2. The number of hydrogen-bond acceptors (Lipinski definition) is 6. The maximum absolute atomic E-state index is 11.8. The van der Waals surface area contributed by atoms with Crippen LogP contribution in [0.4, 0.5) is 5.69 Å². The number of aliphatic hydroxyl groups excluding tert-OH is 1. The maximum atomic E-state index is 11.8. The van der Waals surface area contributed by atoms with Gasteiger partial charge in [-0.1, -0.05) is 0 Å². The summed E-state index contributed by atoms with van der Waals surface area (Å²) >= 11 is 1.30. The number of nitrogens with one attached hydrogen (secondary N) is 1. The highest BCUT2D eigenvalue weighted by Gasteiger charge is 2.22. The van der Waals surface area contributed by atoms with Gasteiger partial charge in [-0.05, 0) is 18.4 Å². The summed E-state index contributed by atoms with van der Waals surface area (Å²) < 4.78 is 0. The Morgan fingerprint density at radius 1 is 1.50 bits per heavy atom. The molecule has 1 rings (SSSR count). The Hall–Kier alpha value is -2.13. The molecule has 0 fully saturated rings. The van der Waals surface area contributed by atoms with Crippen LogP contribution in [0, 0.1) is 10.1 Å². The predicted octanol–water partition coefficient (Wildman–Crippen LogP) is 0.492. The minimum Gasteiger partial charge on any atom is -0.479 e. The summed E-state index contributed by atoms with van der Waals surface area (Å²) in [5, 5.41) is 30.5. The lowest BCUT2D eigenvalue weighted by Gasteiger charge is -2.09. The first kappa shape index (κ1) is 15.9. The van der Waals surface area contributed by atoms with Crippen molar-refractivity contribution in [2.45, 2.75) is 11.0 Å². The summed E-state index contributed by atoms with van der Waals surface area (Å²) in [5.74, 6) is -2.30. The van der Waals surface area contributed by atoms with E-state index < -0.39 is 29.4 Å². The van der Waals surface area contributed by atoms with Crippen molar-refractivity contribution in [2.24, 2.45) is 0 Å². The summed E-state index contributed by atoms with van der Waals surface area (Å²) in [4.78, 5) is 33.0. The zero-order valence-corrected chi connectivity index (χ0v) is 11.2. The van der Waals surface area contributed by atoms with Crippen LogP contribution in [0.5, 0.6) is 0 Å². The third kappa shape index (κ3) is 3.93. The van der Waals surface area contributed by atoms with Crippen LogP contribution < -0.4 is 5.32 Å². The van der Waals surface area contributed by atoms with Crippen molar-refractivity contribution in [3.05, 3.63) is 33.9 Å². The van der Waals surface area contributed by atoms with Crippen LogP contribution in [0.25, 0.3) is 0 Å². The molecule has 8 nitrogen and oxygen atoms in total. The number of rotatable bonds is 6. The van der Waals surface area contributed by atoms with Crippen molar-refractivity contribution in [3.63, 3.8) is 0 Å². The number of nitro groups is 1. The molecule has 20 heavy (non-hydrogen) atoms. The standard InChI is InChI=1S/C11H12N2O6S/c1-20-6-2-3-8(13(18)19)7(4-6)10(15)12-5-9(14)11(16)17/h2-4,9,14H,5H2,1H3,(H,12,15)(H,16,17). The number of hydrogen-bond donors (Lipinski definition) is 3. The molecule has 0 radical (unpaired) electrons. The van der Waals surface area contributed by atoms with Gasteiger partial charge in [0.2, 0.25) is 0 Å². The van der Waals surface area contributed by atoms with Crippen molar-refractivity contribution in [1.82, 2.24) is 5.32 Å². The number of nitro benzene ring substituents is 1. The van der Waals surface area contributed by atoms with Crippen molar-refractivity contribution in [1.29, 1.82) is 0 Å². The normalized spacial score (nSPS) is 11.7. The van der Waals surface area contributed by atoms with E-state index in [4.69, 9.17) is 10.2 Å². The zero-order chi connectivity index (χ0) is 15.3. The summed E-state index contributed by atoms with van der Waals surface area (Å²) in [6.45, 7) is -0.533. The van der Waals surface area contributed by atoms with Gasteiger partial charge in [-0.3, -0.25) is 14.9 Å². The van der Waals surface area contributed by atoms with Crippen molar-refractivity contribution < 1.29 is 24.7 Å². The van der Waals surface area contributed by atoms with Crippen molar-refractivity contribution in [2.75, 3.05) is 12.8 Å². The first-order valence-corrected chi connectivity index (χ1v) is 6.60. The Morgan fingerprint density at radius 3 is 2.65 bits per heavy atom. The number of amides is 1. The minimum absolute atomic E-state index is 0.181. The molecule has 0 spiro atoms. The lowest BCUT2D eigenvalue weighted by molar-refractivity contribution is -0.385. The summed E-state index contributed by atoms with van der Waals surface area (Å²) in [6.07, 6.45) is -0.0152. The molecule has 0 aliphatic rings. The Balaban J connectivity index is 2.95. The third-order valence-electron chi connectivity index (χ3n) is 2.39. The van der Waals surface area contributed by atoms with E-state index >= 15 is 0 Å². The molecule has 108 valence electrons. The highest BCUT2D eigenvalue weighted by Crippen LogP contribution is 2.24. The van der Waals surface area contributed by atoms with Crippen LogP contribution in [0.1, 0.15) is 10.4 Å². The highest BCUT2D eigenvalue weighted by atomic mass is 32.2. The van der Waals surface area contributed by atoms with Gasteiger partial charge in [0.25, 0.3) is 11.6 Å². The van der Waals surface area contributed by atoms with Gasteiger partial charge in [0, 0.05) is 11.0 Å². The SMILES string of the molecule is CSc1ccc([N+](=O)[O-])c(C(=O)NCC(O)C(=O)O)c1. The number of carboxylic acid groups (broad SMARTS) is 1. The number of aliphatic carboxylic acids is 1. The van der Waals surface area contributed by atoms with E-state index in [1.807, 2.05) is 0 Å². The molecule has 0 heterocycles. The largest absolute Gasteiger partial charge is 0.479 e. The van der Waals surface area contributed by atoms with Gasteiger partial charge in [0.05, 0.1) is 11.5 Å². The number of thioether (sulfide) groups is 1. The zero-order valence-electron chi connectivity index (χ0n) is 10.4. The molecule has 3 N–H and O–H groups in total. The Bertz CT molecular complexity index is 548.